The minimum absolute atomic E-state index is 0.648. The third kappa shape index (κ3) is 4.21. The molecule has 0 atom stereocenters. The Balaban J connectivity index is 1.53. The van der Waals surface area contributed by atoms with Gasteiger partial charge in [-0.25, -0.2) is 9.41 Å². The van der Waals surface area contributed by atoms with E-state index in [0.717, 1.165) is 16.9 Å². The molecule has 0 aliphatic rings. The third-order valence-corrected chi connectivity index (χ3v) is 7.65. The lowest BCUT2D eigenvalue weighted by molar-refractivity contribution is -0.556. The van der Waals surface area contributed by atoms with Crippen molar-refractivity contribution in [2.75, 3.05) is 0 Å². The van der Waals surface area contributed by atoms with E-state index in [9.17, 15) is 0 Å². The van der Waals surface area contributed by atoms with Crippen molar-refractivity contribution in [2.45, 2.75) is 20.8 Å². The van der Waals surface area contributed by atoms with Crippen LogP contribution in [-0.2, 0) is 7.05 Å². The quantitative estimate of drug-likeness (QED) is 0.168. The molecule has 0 spiro atoms. The second-order valence-electron chi connectivity index (χ2n) is 10.2. The van der Waals surface area contributed by atoms with E-state index in [2.05, 4.69) is 133 Å². The van der Waals surface area contributed by atoms with Gasteiger partial charge in [0.25, 0.3) is 5.82 Å². The van der Waals surface area contributed by atoms with Crippen LogP contribution in [0.25, 0.3) is 55.2 Å². The molecule has 0 aliphatic heterocycles. The molecule has 0 unspecified atom stereocenters. The first-order valence-electron chi connectivity index (χ1n) is 13.2. The predicted molar refractivity (Wildman–Crippen MR) is 161 cm³/mol. The maximum atomic E-state index is 7.56. The summed E-state index contributed by atoms with van der Waals surface area (Å²) in [5.41, 5.74) is 13.6. The topological polar surface area (TPSA) is 13.2 Å². The molecule has 6 rings (SSSR count). The van der Waals surface area contributed by atoms with Crippen molar-refractivity contribution in [1.82, 2.24) is 4.57 Å². The highest BCUT2D eigenvalue weighted by molar-refractivity contribution is 5.82. The lowest BCUT2D eigenvalue weighted by atomic mass is 9.96. The van der Waals surface area contributed by atoms with E-state index < -0.39 is 0 Å². The maximum absolute atomic E-state index is 7.56. The number of fused-ring (bicyclic) bond motifs is 1. The van der Waals surface area contributed by atoms with E-state index in [4.69, 9.17) is 6.57 Å². The lowest BCUT2D eigenvalue weighted by Crippen LogP contribution is -2.35. The van der Waals surface area contributed by atoms with Crippen molar-refractivity contribution in [3.05, 3.63) is 137 Å². The molecule has 5 aromatic carbocycles. The van der Waals surface area contributed by atoms with Crippen molar-refractivity contribution in [3.8, 4) is 39.3 Å². The standard InChI is InChI=1S/C36H30N3/c1-24-11-9-10-14-32(24)36-38(5)34-23-31(37-4)19-20-33(34)39(36)35-25(2)21-30(22-26(35)3)29-17-15-28(16-18-29)27-12-7-6-8-13-27/h6-23H,1-3,5H3/q+1. The number of nitrogens with zero attached hydrogens (tertiary/aromatic N) is 3. The van der Waals surface area contributed by atoms with Crippen LogP contribution in [0.5, 0.6) is 0 Å². The molecular formula is C36H30N3+. The highest BCUT2D eigenvalue weighted by Crippen LogP contribution is 2.33. The summed E-state index contributed by atoms with van der Waals surface area (Å²) < 4.78 is 4.60. The molecule has 188 valence electrons. The van der Waals surface area contributed by atoms with Crippen molar-refractivity contribution >= 4 is 16.7 Å². The highest BCUT2D eigenvalue weighted by atomic mass is 15.2. The van der Waals surface area contributed by atoms with Gasteiger partial charge < -0.3 is 0 Å². The number of hydrogen-bond donors (Lipinski definition) is 0. The zero-order chi connectivity index (χ0) is 27.1. The Labute approximate surface area is 230 Å². The first kappa shape index (κ1) is 24.4. The van der Waals surface area contributed by atoms with Crippen molar-refractivity contribution < 1.29 is 4.57 Å². The molecule has 39 heavy (non-hydrogen) atoms. The minimum atomic E-state index is 0.648. The molecule has 6 aromatic rings. The Morgan fingerprint density at radius 2 is 1.21 bits per heavy atom. The van der Waals surface area contributed by atoms with Gasteiger partial charge in [-0.3, -0.25) is 0 Å². The first-order valence-corrected chi connectivity index (χ1v) is 13.2. The SMILES string of the molecule is [C-]#[N+]c1ccc2c(c1)n(C)c(-c1ccccc1C)[n+]2-c1c(C)cc(-c2ccc(-c3ccccc3)cc2)cc1C. The molecule has 0 saturated carbocycles. The number of rotatable bonds is 4. The molecule has 0 aliphatic carbocycles. The zero-order valence-electron chi connectivity index (χ0n) is 22.7. The zero-order valence-corrected chi connectivity index (χ0v) is 22.7. The molecular weight excluding hydrogens is 474 g/mol. The first-order chi connectivity index (χ1) is 19.0. The number of aromatic nitrogens is 2. The van der Waals surface area contributed by atoms with Crippen LogP contribution in [0.1, 0.15) is 16.7 Å². The van der Waals surface area contributed by atoms with Crippen molar-refractivity contribution in [2.24, 2.45) is 7.05 Å². The van der Waals surface area contributed by atoms with Gasteiger partial charge in [0, 0.05) is 0 Å². The summed E-state index contributed by atoms with van der Waals surface area (Å²) in [4.78, 5) is 3.70. The smallest absolute Gasteiger partial charge is 0.238 e. The predicted octanol–water partition coefficient (Wildman–Crippen LogP) is 8.93. The molecule has 0 saturated heterocycles. The maximum Gasteiger partial charge on any atom is 0.295 e. The fraction of sp³-hybridized carbons (Fsp3) is 0.111. The van der Waals surface area contributed by atoms with Gasteiger partial charge in [-0.2, -0.15) is 4.57 Å². The number of aryl methyl sites for hydroxylation is 4. The lowest BCUT2D eigenvalue weighted by Gasteiger charge is -2.13. The fourth-order valence-electron chi connectivity index (χ4n) is 5.73. The van der Waals surface area contributed by atoms with Crippen LogP contribution >= 0.6 is 0 Å². The van der Waals surface area contributed by atoms with Gasteiger partial charge in [0.2, 0.25) is 0 Å². The van der Waals surface area contributed by atoms with Crippen LogP contribution in [-0.4, -0.2) is 4.57 Å². The Kier molecular flexibility index (Phi) is 6.09. The van der Waals surface area contributed by atoms with Crippen LogP contribution in [0.2, 0.25) is 0 Å². The monoisotopic (exact) mass is 504 g/mol. The molecule has 3 nitrogen and oxygen atoms in total. The van der Waals surface area contributed by atoms with Gasteiger partial charge in [-0.05, 0) is 90.0 Å². The average Bonchev–Trinajstić information content (AvgIpc) is 3.24. The summed E-state index contributed by atoms with van der Waals surface area (Å²) in [7, 11) is 2.10. The summed E-state index contributed by atoms with van der Waals surface area (Å²) in [6.07, 6.45) is 0. The summed E-state index contributed by atoms with van der Waals surface area (Å²) >= 11 is 0. The molecule has 0 N–H and O–H groups in total. The van der Waals surface area contributed by atoms with E-state index in [1.165, 1.54) is 50.2 Å². The Bertz CT molecular complexity index is 1860. The number of benzene rings is 5. The molecule has 0 radical (unpaired) electrons. The summed E-state index contributed by atoms with van der Waals surface area (Å²) in [6, 6.07) is 38.4. The second-order valence-corrected chi connectivity index (χ2v) is 10.2. The fourth-order valence-corrected chi connectivity index (χ4v) is 5.73. The third-order valence-electron chi connectivity index (χ3n) is 7.65. The Morgan fingerprint density at radius 1 is 0.615 bits per heavy atom. The molecule has 0 fully saturated rings. The molecule has 1 aromatic heterocycles. The van der Waals surface area contributed by atoms with Crippen LogP contribution in [0.15, 0.2) is 109 Å². The second kappa shape index (κ2) is 9.74. The minimum Gasteiger partial charge on any atom is -0.238 e. The number of hydrogen-bond acceptors (Lipinski definition) is 0. The summed E-state index contributed by atoms with van der Waals surface area (Å²) in [5, 5.41) is 0. The number of imidazole rings is 1. The van der Waals surface area contributed by atoms with Crippen LogP contribution in [0.4, 0.5) is 5.69 Å². The Hall–Kier alpha value is -4.94. The van der Waals surface area contributed by atoms with Crippen LogP contribution in [0.3, 0.4) is 0 Å². The van der Waals surface area contributed by atoms with E-state index in [1.54, 1.807) is 0 Å². The summed E-state index contributed by atoms with van der Waals surface area (Å²) in [5.74, 6) is 1.11. The molecule has 0 amide bonds. The van der Waals surface area contributed by atoms with Gasteiger partial charge in [0.15, 0.2) is 16.7 Å². The van der Waals surface area contributed by atoms with Crippen LogP contribution < -0.4 is 4.57 Å². The van der Waals surface area contributed by atoms with E-state index >= 15 is 0 Å². The Morgan fingerprint density at radius 3 is 1.85 bits per heavy atom. The normalized spacial score (nSPS) is 11.1. The largest absolute Gasteiger partial charge is 0.295 e. The van der Waals surface area contributed by atoms with Gasteiger partial charge in [0.05, 0.1) is 19.2 Å². The van der Waals surface area contributed by atoms with Crippen molar-refractivity contribution in [3.63, 3.8) is 0 Å². The van der Waals surface area contributed by atoms with E-state index in [0.29, 0.717) is 5.69 Å². The van der Waals surface area contributed by atoms with E-state index in [-0.39, 0.29) is 0 Å². The average molecular weight is 505 g/mol. The van der Waals surface area contributed by atoms with Gasteiger partial charge in [-0.1, -0.05) is 78.9 Å². The van der Waals surface area contributed by atoms with Gasteiger partial charge >= 0.3 is 0 Å². The van der Waals surface area contributed by atoms with Crippen molar-refractivity contribution in [1.29, 1.82) is 0 Å². The highest BCUT2D eigenvalue weighted by Gasteiger charge is 2.29. The molecule has 0 bridgehead atoms. The molecule has 3 heteroatoms. The van der Waals surface area contributed by atoms with E-state index in [1.807, 2.05) is 18.2 Å². The van der Waals surface area contributed by atoms with Gasteiger partial charge in [-0.15, -0.1) is 0 Å². The van der Waals surface area contributed by atoms with Crippen LogP contribution in [0, 0.1) is 27.3 Å². The molecule has 1 heterocycles. The van der Waals surface area contributed by atoms with Gasteiger partial charge in [0.1, 0.15) is 5.69 Å². The summed E-state index contributed by atoms with van der Waals surface area (Å²) in [6.45, 7) is 14.1.